The van der Waals surface area contributed by atoms with E-state index >= 15 is 0 Å². The highest BCUT2D eigenvalue weighted by atomic mass is 32.2. The third-order valence-electron chi connectivity index (χ3n) is 6.71. The average molecular weight is 553 g/mol. The number of aromatic nitrogens is 4. The van der Waals surface area contributed by atoms with Crippen molar-refractivity contribution in [1.82, 2.24) is 23.8 Å². The van der Waals surface area contributed by atoms with Gasteiger partial charge in [-0.15, -0.1) is 6.58 Å². The number of fused-ring (bicyclic) bond motifs is 1. The Labute approximate surface area is 223 Å². The number of halogens is 3. The maximum absolute atomic E-state index is 13.4. The van der Waals surface area contributed by atoms with Crippen LogP contribution in [0.4, 0.5) is 13.2 Å². The zero-order chi connectivity index (χ0) is 27.9. The van der Waals surface area contributed by atoms with Crippen molar-refractivity contribution in [2.75, 3.05) is 6.54 Å². The highest BCUT2D eigenvalue weighted by Crippen LogP contribution is 2.43. The number of nitriles is 1. The lowest BCUT2D eigenvalue weighted by molar-refractivity contribution is -0.165. The van der Waals surface area contributed by atoms with Crippen molar-refractivity contribution in [3.63, 3.8) is 0 Å². The molecule has 8 nitrogen and oxygen atoms in total. The van der Waals surface area contributed by atoms with Gasteiger partial charge in [0, 0.05) is 30.5 Å². The Hall–Kier alpha value is -4.08. The molecule has 39 heavy (non-hydrogen) atoms. The number of rotatable bonds is 8. The van der Waals surface area contributed by atoms with E-state index < -0.39 is 33.7 Å². The van der Waals surface area contributed by atoms with E-state index in [4.69, 9.17) is 0 Å². The second kappa shape index (κ2) is 9.91. The van der Waals surface area contributed by atoms with E-state index in [2.05, 4.69) is 27.6 Å². The van der Waals surface area contributed by atoms with E-state index in [-0.39, 0.29) is 5.69 Å². The number of hydrogen-bond acceptors (Lipinski definition) is 6. The fourth-order valence-electron chi connectivity index (χ4n) is 4.51. The predicted octanol–water partition coefficient (Wildman–Crippen LogP) is 5.36. The number of pyridine rings is 1. The minimum Gasteiger partial charge on any atom is -0.275 e. The first-order chi connectivity index (χ1) is 18.6. The summed E-state index contributed by atoms with van der Waals surface area (Å²) in [5.74, 6) is 0.741. The van der Waals surface area contributed by atoms with Gasteiger partial charge in [-0.05, 0) is 55.5 Å². The molecule has 0 N–H and O–H groups in total. The van der Waals surface area contributed by atoms with Crippen molar-refractivity contribution < 1.29 is 21.6 Å². The molecule has 4 aromatic rings. The molecule has 1 fully saturated rings. The molecule has 200 valence electrons. The van der Waals surface area contributed by atoms with Crippen LogP contribution >= 0.6 is 0 Å². The lowest BCUT2D eigenvalue weighted by Gasteiger charge is -2.28. The second-order valence-corrected chi connectivity index (χ2v) is 11.1. The molecule has 1 saturated carbocycles. The number of hydrogen-bond donors (Lipinski definition) is 0. The van der Waals surface area contributed by atoms with E-state index in [9.17, 15) is 26.9 Å². The lowest BCUT2D eigenvalue weighted by Crippen LogP contribution is -2.46. The van der Waals surface area contributed by atoms with Crippen LogP contribution in [-0.4, -0.2) is 51.0 Å². The summed E-state index contributed by atoms with van der Waals surface area (Å²) in [5.41, 5.74) is 2.71. The van der Waals surface area contributed by atoms with Gasteiger partial charge in [0.1, 0.15) is 17.0 Å². The standard InChI is InChI=1S/C27H23F3N6O2S/c1-3-13-35(17(2)27(28,29)30)39(37,38)20-8-10-23(34-16-20)25-22(15-31)21-9-7-19(18-5-6-18)14-24(21)36(25)26-32-11-4-12-33-26/h3-4,7-12,14,16-18H,1,5-6,13H2,2H3/t17-/m0/s1. The van der Waals surface area contributed by atoms with Crippen molar-refractivity contribution in [3.8, 4) is 23.4 Å². The Balaban J connectivity index is 1.66. The van der Waals surface area contributed by atoms with Gasteiger partial charge in [-0.1, -0.05) is 18.2 Å². The van der Waals surface area contributed by atoms with Crippen molar-refractivity contribution in [3.05, 3.63) is 78.8 Å². The van der Waals surface area contributed by atoms with Crippen LogP contribution in [0.2, 0.25) is 0 Å². The summed E-state index contributed by atoms with van der Waals surface area (Å²) in [6.45, 7) is 3.63. The lowest BCUT2D eigenvalue weighted by atomic mass is 10.1. The molecule has 0 amide bonds. The summed E-state index contributed by atoms with van der Waals surface area (Å²) in [6, 6.07) is 10.0. The maximum Gasteiger partial charge on any atom is 0.404 e. The molecule has 1 aromatic carbocycles. The molecule has 1 atom stereocenters. The van der Waals surface area contributed by atoms with E-state index in [0.29, 0.717) is 38.3 Å². The summed E-state index contributed by atoms with van der Waals surface area (Å²) in [4.78, 5) is 12.6. The monoisotopic (exact) mass is 552 g/mol. The summed E-state index contributed by atoms with van der Waals surface area (Å²) in [5, 5.41) is 10.8. The molecule has 3 heterocycles. The highest BCUT2D eigenvalue weighted by molar-refractivity contribution is 7.89. The third kappa shape index (κ3) is 4.79. The van der Waals surface area contributed by atoms with Gasteiger partial charge in [0.15, 0.2) is 0 Å². The van der Waals surface area contributed by atoms with E-state index in [1.807, 2.05) is 18.2 Å². The Morgan fingerprint density at radius 1 is 1.21 bits per heavy atom. The highest BCUT2D eigenvalue weighted by Gasteiger charge is 2.45. The van der Waals surface area contributed by atoms with E-state index in [1.165, 1.54) is 12.1 Å². The van der Waals surface area contributed by atoms with Gasteiger partial charge in [-0.3, -0.25) is 9.55 Å². The van der Waals surface area contributed by atoms with E-state index in [0.717, 1.165) is 37.6 Å². The first-order valence-corrected chi connectivity index (χ1v) is 13.5. The molecule has 0 radical (unpaired) electrons. The number of sulfonamides is 1. The molecule has 5 rings (SSSR count). The molecule has 0 spiro atoms. The van der Waals surface area contributed by atoms with Crippen molar-refractivity contribution in [1.29, 1.82) is 5.26 Å². The normalized spacial score (nSPS) is 14.9. The Morgan fingerprint density at radius 2 is 1.92 bits per heavy atom. The maximum atomic E-state index is 13.4. The zero-order valence-electron chi connectivity index (χ0n) is 20.8. The molecule has 0 saturated heterocycles. The van der Waals surface area contributed by atoms with Crippen LogP contribution in [0.15, 0.2) is 72.5 Å². The van der Waals surface area contributed by atoms with Crippen LogP contribution in [0, 0.1) is 11.3 Å². The van der Waals surface area contributed by atoms with Crippen LogP contribution in [-0.2, 0) is 10.0 Å². The Kier molecular flexibility index (Phi) is 6.74. The predicted molar refractivity (Wildman–Crippen MR) is 138 cm³/mol. The van der Waals surface area contributed by atoms with Crippen molar-refractivity contribution in [2.45, 2.75) is 42.8 Å². The Morgan fingerprint density at radius 3 is 2.49 bits per heavy atom. The summed E-state index contributed by atoms with van der Waals surface area (Å²) in [7, 11) is -4.57. The van der Waals surface area contributed by atoms with E-state index in [1.54, 1.807) is 23.0 Å². The first-order valence-electron chi connectivity index (χ1n) is 12.1. The van der Waals surface area contributed by atoms with Crippen molar-refractivity contribution >= 4 is 20.9 Å². The fourth-order valence-corrected chi connectivity index (χ4v) is 6.04. The van der Waals surface area contributed by atoms with Crippen molar-refractivity contribution in [2.24, 2.45) is 0 Å². The summed E-state index contributed by atoms with van der Waals surface area (Å²) in [6.07, 6.45) is 2.60. The van der Waals surface area contributed by atoms with Crippen LogP contribution in [0.25, 0.3) is 28.2 Å². The van der Waals surface area contributed by atoms with Gasteiger partial charge >= 0.3 is 6.18 Å². The van der Waals surface area contributed by atoms with Gasteiger partial charge in [0.25, 0.3) is 0 Å². The Bertz CT molecular complexity index is 1690. The molecular formula is C27H23F3N6O2S. The molecule has 1 aliphatic rings. The molecular weight excluding hydrogens is 529 g/mol. The molecule has 0 unspecified atom stereocenters. The summed E-state index contributed by atoms with van der Waals surface area (Å²) < 4.78 is 68.7. The first kappa shape index (κ1) is 26.5. The van der Waals surface area contributed by atoms with Gasteiger partial charge in [-0.25, -0.2) is 18.4 Å². The van der Waals surface area contributed by atoms with Crippen LogP contribution < -0.4 is 0 Å². The van der Waals surface area contributed by atoms with Crippen LogP contribution in [0.5, 0.6) is 0 Å². The number of nitrogens with zero attached hydrogens (tertiary/aromatic N) is 6. The second-order valence-electron chi connectivity index (χ2n) is 9.23. The smallest absolute Gasteiger partial charge is 0.275 e. The van der Waals surface area contributed by atoms with Gasteiger partial charge in [0.05, 0.1) is 22.5 Å². The minimum absolute atomic E-state index is 0.237. The van der Waals surface area contributed by atoms with Crippen LogP contribution in [0.1, 0.15) is 36.8 Å². The number of benzene rings is 1. The molecule has 0 bridgehead atoms. The average Bonchev–Trinajstić information content (AvgIpc) is 3.72. The molecule has 0 aliphatic heterocycles. The molecule has 12 heteroatoms. The molecule has 1 aliphatic carbocycles. The molecule has 3 aromatic heterocycles. The quantitative estimate of drug-likeness (QED) is 0.273. The number of alkyl halides is 3. The third-order valence-corrected chi connectivity index (χ3v) is 8.63. The van der Waals surface area contributed by atoms with Gasteiger partial charge < -0.3 is 0 Å². The van der Waals surface area contributed by atoms with Gasteiger partial charge in [-0.2, -0.15) is 22.7 Å². The summed E-state index contributed by atoms with van der Waals surface area (Å²) >= 11 is 0. The van der Waals surface area contributed by atoms with Gasteiger partial charge in [0.2, 0.25) is 16.0 Å². The SMILES string of the molecule is C=CCN([C@@H](C)C(F)(F)F)S(=O)(=O)c1ccc(-c2c(C#N)c3ccc(C4CC4)cc3n2-c2ncccn2)nc1. The largest absolute Gasteiger partial charge is 0.404 e. The fraction of sp³-hybridized carbons (Fsp3) is 0.259. The van der Waals surface area contributed by atoms with Crippen LogP contribution in [0.3, 0.4) is 0 Å². The zero-order valence-corrected chi connectivity index (χ0v) is 21.6. The topological polar surface area (TPSA) is 105 Å². The minimum atomic E-state index is -4.78.